The molecule has 1 aromatic carbocycles. The molecular formula is C12H14FIN2O. The van der Waals surface area contributed by atoms with Crippen molar-refractivity contribution in [2.24, 2.45) is 0 Å². The first-order valence-electron chi connectivity index (χ1n) is 5.64. The number of anilines is 1. The van der Waals surface area contributed by atoms with Crippen LogP contribution < -0.4 is 10.6 Å². The number of rotatable bonds is 5. The molecule has 0 radical (unpaired) electrons. The second-order valence-electron chi connectivity index (χ2n) is 4.13. The van der Waals surface area contributed by atoms with Crippen molar-refractivity contribution in [3.05, 3.63) is 27.6 Å². The van der Waals surface area contributed by atoms with E-state index in [-0.39, 0.29) is 11.7 Å². The van der Waals surface area contributed by atoms with Crippen molar-refractivity contribution in [1.82, 2.24) is 5.32 Å². The van der Waals surface area contributed by atoms with Crippen LogP contribution in [0.25, 0.3) is 0 Å². The second-order valence-corrected chi connectivity index (χ2v) is 5.21. The van der Waals surface area contributed by atoms with Crippen LogP contribution in [0.4, 0.5) is 10.1 Å². The molecule has 92 valence electrons. The molecule has 1 aliphatic rings. The van der Waals surface area contributed by atoms with Gasteiger partial charge in [-0.3, -0.25) is 4.79 Å². The fraction of sp³-hybridized carbons (Fsp3) is 0.417. The number of halogens is 2. The van der Waals surface area contributed by atoms with Crippen molar-refractivity contribution < 1.29 is 9.18 Å². The zero-order valence-corrected chi connectivity index (χ0v) is 11.5. The number of nitrogens with one attached hydrogen (secondary N) is 2. The Hall–Kier alpha value is -0.690. The van der Waals surface area contributed by atoms with Crippen LogP contribution in [0.1, 0.15) is 19.3 Å². The molecule has 2 N–H and O–H groups in total. The van der Waals surface area contributed by atoms with Crippen LogP contribution in [0.5, 0.6) is 0 Å². The van der Waals surface area contributed by atoms with E-state index in [0.29, 0.717) is 28.3 Å². The quantitative estimate of drug-likeness (QED) is 0.803. The Bertz CT molecular complexity index is 421. The van der Waals surface area contributed by atoms with Crippen LogP contribution in [0, 0.1) is 9.39 Å². The summed E-state index contributed by atoms with van der Waals surface area (Å²) in [5, 5.41) is 5.98. The van der Waals surface area contributed by atoms with Crippen molar-refractivity contribution >= 4 is 34.2 Å². The van der Waals surface area contributed by atoms with Crippen LogP contribution in [-0.2, 0) is 4.79 Å². The summed E-state index contributed by atoms with van der Waals surface area (Å²) in [6.07, 6.45) is 2.84. The Kier molecular flexibility index (Phi) is 4.33. The monoisotopic (exact) mass is 348 g/mol. The lowest BCUT2D eigenvalue weighted by molar-refractivity contribution is -0.116. The van der Waals surface area contributed by atoms with Gasteiger partial charge in [-0.15, -0.1) is 0 Å². The number of hydrogen-bond acceptors (Lipinski definition) is 2. The van der Waals surface area contributed by atoms with Crippen molar-refractivity contribution in [2.75, 3.05) is 11.9 Å². The third kappa shape index (κ3) is 3.92. The van der Waals surface area contributed by atoms with Crippen LogP contribution in [-0.4, -0.2) is 18.5 Å². The second kappa shape index (κ2) is 5.77. The predicted molar refractivity (Wildman–Crippen MR) is 73.4 cm³/mol. The standard InChI is InChI=1S/C12H14FIN2O/c13-9-2-1-3-10(12(9)14)16-11(17)6-7-15-8-4-5-8/h1-3,8,15H,4-7H2,(H,16,17). The Balaban J connectivity index is 1.82. The van der Waals surface area contributed by atoms with Gasteiger partial charge in [0.05, 0.1) is 9.26 Å². The molecule has 1 aromatic rings. The number of carbonyl (C=O) groups is 1. The highest BCUT2D eigenvalue weighted by atomic mass is 127. The third-order valence-electron chi connectivity index (χ3n) is 2.59. The summed E-state index contributed by atoms with van der Waals surface area (Å²) in [7, 11) is 0. The maximum atomic E-state index is 13.2. The van der Waals surface area contributed by atoms with Gasteiger partial charge in [-0.1, -0.05) is 6.07 Å². The van der Waals surface area contributed by atoms with Crippen LogP contribution >= 0.6 is 22.6 Å². The summed E-state index contributed by atoms with van der Waals surface area (Å²) in [4.78, 5) is 11.6. The van der Waals surface area contributed by atoms with Gasteiger partial charge in [0, 0.05) is 19.0 Å². The molecule has 3 nitrogen and oxygen atoms in total. The zero-order chi connectivity index (χ0) is 12.3. The van der Waals surface area contributed by atoms with E-state index in [4.69, 9.17) is 0 Å². The molecule has 1 fully saturated rings. The maximum absolute atomic E-state index is 13.2. The van der Waals surface area contributed by atoms with Gasteiger partial charge in [0.25, 0.3) is 0 Å². The van der Waals surface area contributed by atoms with Gasteiger partial charge in [-0.25, -0.2) is 4.39 Å². The van der Waals surface area contributed by atoms with Gasteiger partial charge in [0.15, 0.2) is 0 Å². The Morgan fingerprint density at radius 2 is 2.24 bits per heavy atom. The van der Waals surface area contributed by atoms with Crippen molar-refractivity contribution in [3.8, 4) is 0 Å². The molecular weight excluding hydrogens is 334 g/mol. The molecule has 0 unspecified atom stereocenters. The molecule has 0 spiro atoms. The number of benzene rings is 1. The topological polar surface area (TPSA) is 41.1 Å². The van der Waals surface area contributed by atoms with E-state index in [2.05, 4.69) is 10.6 Å². The molecule has 5 heteroatoms. The van der Waals surface area contributed by atoms with E-state index in [9.17, 15) is 9.18 Å². The highest BCUT2D eigenvalue weighted by Gasteiger charge is 2.20. The van der Waals surface area contributed by atoms with Crippen LogP contribution in [0.3, 0.4) is 0 Å². The minimum absolute atomic E-state index is 0.0818. The van der Waals surface area contributed by atoms with Crippen molar-refractivity contribution in [1.29, 1.82) is 0 Å². The minimum atomic E-state index is -0.306. The molecule has 0 aromatic heterocycles. The Morgan fingerprint density at radius 3 is 2.94 bits per heavy atom. The van der Waals surface area contributed by atoms with E-state index >= 15 is 0 Å². The van der Waals surface area contributed by atoms with Gasteiger partial charge in [0.2, 0.25) is 5.91 Å². The van der Waals surface area contributed by atoms with Gasteiger partial charge in [-0.05, 0) is 47.6 Å². The molecule has 17 heavy (non-hydrogen) atoms. The van der Waals surface area contributed by atoms with Gasteiger partial charge < -0.3 is 10.6 Å². The van der Waals surface area contributed by atoms with Gasteiger partial charge in [-0.2, -0.15) is 0 Å². The van der Waals surface area contributed by atoms with E-state index in [1.54, 1.807) is 12.1 Å². The summed E-state index contributed by atoms with van der Waals surface area (Å²) in [5.41, 5.74) is 0.544. The molecule has 0 aliphatic heterocycles. The molecule has 2 rings (SSSR count). The van der Waals surface area contributed by atoms with Gasteiger partial charge in [0.1, 0.15) is 5.82 Å². The summed E-state index contributed by atoms with van der Waals surface area (Å²) < 4.78 is 13.7. The first-order valence-corrected chi connectivity index (χ1v) is 6.72. The number of amides is 1. The molecule has 1 amide bonds. The first-order chi connectivity index (χ1) is 8.16. The molecule has 0 heterocycles. The van der Waals surface area contributed by atoms with Gasteiger partial charge >= 0.3 is 0 Å². The number of hydrogen-bond donors (Lipinski definition) is 2. The summed E-state index contributed by atoms with van der Waals surface area (Å²) in [5.74, 6) is -0.388. The fourth-order valence-corrected chi connectivity index (χ4v) is 1.98. The van der Waals surface area contributed by atoms with Crippen molar-refractivity contribution in [3.63, 3.8) is 0 Å². The average molecular weight is 348 g/mol. The molecule has 1 aliphatic carbocycles. The lowest BCUT2D eigenvalue weighted by Crippen LogP contribution is -2.23. The smallest absolute Gasteiger partial charge is 0.225 e. The lowest BCUT2D eigenvalue weighted by atomic mass is 10.3. The summed E-state index contributed by atoms with van der Waals surface area (Å²) in [6, 6.07) is 5.29. The molecule has 0 bridgehead atoms. The Labute approximate surface area is 113 Å². The summed E-state index contributed by atoms with van der Waals surface area (Å²) in [6.45, 7) is 0.683. The van der Waals surface area contributed by atoms with Crippen molar-refractivity contribution in [2.45, 2.75) is 25.3 Å². The first kappa shape index (κ1) is 12.8. The fourth-order valence-electron chi connectivity index (χ4n) is 1.49. The normalized spacial score (nSPS) is 14.7. The third-order valence-corrected chi connectivity index (χ3v) is 3.68. The summed E-state index contributed by atoms with van der Waals surface area (Å²) >= 11 is 1.89. The molecule has 0 saturated heterocycles. The zero-order valence-electron chi connectivity index (χ0n) is 9.30. The largest absolute Gasteiger partial charge is 0.325 e. The predicted octanol–water partition coefficient (Wildman–Crippen LogP) is 2.51. The van der Waals surface area contributed by atoms with Crippen LogP contribution in [0.2, 0.25) is 0 Å². The Morgan fingerprint density at radius 1 is 1.47 bits per heavy atom. The minimum Gasteiger partial charge on any atom is -0.325 e. The molecule has 1 saturated carbocycles. The highest BCUT2D eigenvalue weighted by Crippen LogP contribution is 2.21. The lowest BCUT2D eigenvalue weighted by Gasteiger charge is -2.08. The van der Waals surface area contributed by atoms with E-state index in [1.165, 1.54) is 18.9 Å². The van der Waals surface area contributed by atoms with E-state index < -0.39 is 0 Å². The SMILES string of the molecule is O=C(CCNC1CC1)Nc1cccc(F)c1I. The van der Waals surface area contributed by atoms with Crippen LogP contribution in [0.15, 0.2) is 18.2 Å². The highest BCUT2D eigenvalue weighted by molar-refractivity contribution is 14.1. The average Bonchev–Trinajstić information content (AvgIpc) is 3.09. The number of carbonyl (C=O) groups excluding carboxylic acids is 1. The van der Waals surface area contributed by atoms with E-state index in [0.717, 1.165) is 0 Å². The molecule has 0 atom stereocenters. The van der Waals surface area contributed by atoms with E-state index in [1.807, 2.05) is 22.6 Å². The maximum Gasteiger partial charge on any atom is 0.225 e.